The van der Waals surface area contributed by atoms with E-state index in [1.54, 1.807) is 42.7 Å². The molecule has 2 rings (SSSR count). The minimum absolute atomic E-state index is 0.0260. The number of hydrogen-bond donors (Lipinski definition) is 0. The fourth-order valence-corrected chi connectivity index (χ4v) is 1.92. The third-order valence-electron chi connectivity index (χ3n) is 3.31. The number of carbonyl (C=O) groups is 1. The minimum atomic E-state index is -0.0270. The average Bonchev–Trinajstić information content (AvgIpc) is 2.46. The summed E-state index contributed by atoms with van der Waals surface area (Å²) >= 11 is 0. The van der Waals surface area contributed by atoms with E-state index in [1.807, 2.05) is 26.0 Å². The zero-order valence-electron chi connectivity index (χ0n) is 11.4. The van der Waals surface area contributed by atoms with E-state index in [0.717, 1.165) is 11.3 Å². The van der Waals surface area contributed by atoms with E-state index in [4.69, 9.17) is 0 Å². The number of aryl methyl sites for hydroxylation is 1. The van der Waals surface area contributed by atoms with Crippen LogP contribution < -0.4 is 0 Å². The van der Waals surface area contributed by atoms with Gasteiger partial charge in [0.1, 0.15) is 0 Å². The number of carbonyl (C=O) groups excluding carboxylic acids is 1. The van der Waals surface area contributed by atoms with Gasteiger partial charge in [-0.25, -0.2) is 0 Å². The highest BCUT2D eigenvalue weighted by Gasteiger charge is 2.20. The minimum Gasteiger partial charge on any atom is -0.335 e. The molecular formula is C15H17N3O. The summed E-state index contributed by atoms with van der Waals surface area (Å²) in [7, 11) is 1.80. The van der Waals surface area contributed by atoms with Gasteiger partial charge in [-0.15, -0.1) is 0 Å². The molecule has 0 unspecified atom stereocenters. The summed E-state index contributed by atoms with van der Waals surface area (Å²) in [5.41, 5.74) is 2.40. The SMILES string of the molecule is Cc1ncccc1C(=O)N(C)[C@H](C)c1cccnc1. The fraction of sp³-hybridized carbons (Fsp3) is 0.267. The van der Waals surface area contributed by atoms with Gasteiger partial charge in [-0.3, -0.25) is 14.8 Å². The average molecular weight is 255 g/mol. The van der Waals surface area contributed by atoms with Gasteiger partial charge in [0, 0.05) is 31.3 Å². The highest BCUT2D eigenvalue weighted by atomic mass is 16.2. The predicted octanol–water partition coefficient (Wildman–Crippen LogP) is 2.62. The molecule has 0 aliphatic rings. The van der Waals surface area contributed by atoms with Crippen molar-refractivity contribution in [2.24, 2.45) is 0 Å². The molecule has 1 atom stereocenters. The van der Waals surface area contributed by atoms with Crippen LogP contribution in [0.4, 0.5) is 0 Å². The highest BCUT2D eigenvalue weighted by molar-refractivity contribution is 5.95. The summed E-state index contributed by atoms with van der Waals surface area (Å²) < 4.78 is 0. The molecule has 0 fully saturated rings. The van der Waals surface area contributed by atoms with Crippen molar-refractivity contribution in [3.05, 3.63) is 59.7 Å². The van der Waals surface area contributed by atoms with Crippen LogP contribution in [0.3, 0.4) is 0 Å². The molecule has 0 aliphatic carbocycles. The maximum atomic E-state index is 12.4. The van der Waals surface area contributed by atoms with Crippen LogP contribution in [0, 0.1) is 6.92 Å². The van der Waals surface area contributed by atoms with Gasteiger partial charge >= 0.3 is 0 Å². The molecule has 0 radical (unpaired) electrons. The standard InChI is InChI=1S/C15H17N3O/c1-11-14(7-5-9-17-11)15(19)18(3)12(2)13-6-4-8-16-10-13/h4-10,12H,1-3H3/t12-/m1/s1. The maximum absolute atomic E-state index is 12.4. The zero-order chi connectivity index (χ0) is 13.8. The molecule has 0 N–H and O–H groups in total. The van der Waals surface area contributed by atoms with Crippen molar-refractivity contribution in [3.8, 4) is 0 Å². The van der Waals surface area contributed by atoms with Gasteiger partial charge in [0.15, 0.2) is 0 Å². The molecule has 0 bridgehead atoms. The first-order valence-corrected chi connectivity index (χ1v) is 6.20. The Balaban J connectivity index is 2.23. The topological polar surface area (TPSA) is 46.1 Å². The van der Waals surface area contributed by atoms with Crippen molar-refractivity contribution in [3.63, 3.8) is 0 Å². The summed E-state index contributed by atoms with van der Waals surface area (Å²) in [6, 6.07) is 7.40. The second-order valence-electron chi connectivity index (χ2n) is 4.51. The molecule has 0 aliphatic heterocycles. The molecule has 2 heterocycles. The van der Waals surface area contributed by atoms with Crippen molar-refractivity contribution in [1.29, 1.82) is 0 Å². The summed E-state index contributed by atoms with van der Waals surface area (Å²) in [4.78, 5) is 22.4. The second kappa shape index (κ2) is 5.61. The van der Waals surface area contributed by atoms with E-state index in [1.165, 1.54) is 0 Å². The smallest absolute Gasteiger partial charge is 0.255 e. The number of amides is 1. The van der Waals surface area contributed by atoms with E-state index < -0.39 is 0 Å². The lowest BCUT2D eigenvalue weighted by molar-refractivity contribution is 0.0741. The number of rotatable bonds is 3. The zero-order valence-corrected chi connectivity index (χ0v) is 11.4. The van der Waals surface area contributed by atoms with Crippen LogP contribution in [-0.4, -0.2) is 27.8 Å². The predicted molar refractivity (Wildman–Crippen MR) is 73.7 cm³/mol. The van der Waals surface area contributed by atoms with Crippen molar-refractivity contribution >= 4 is 5.91 Å². The first kappa shape index (κ1) is 13.2. The summed E-state index contributed by atoms with van der Waals surface area (Å²) in [6.07, 6.45) is 5.20. The summed E-state index contributed by atoms with van der Waals surface area (Å²) in [5.74, 6) is -0.0260. The number of nitrogens with zero attached hydrogens (tertiary/aromatic N) is 3. The highest BCUT2D eigenvalue weighted by Crippen LogP contribution is 2.20. The van der Waals surface area contributed by atoms with Gasteiger partial charge in [0.05, 0.1) is 11.6 Å². The van der Waals surface area contributed by atoms with Crippen molar-refractivity contribution in [2.45, 2.75) is 19.9 Å². The van der Waals surface area contributed by atoms with Crippen molar-refractivity contribution < 1.29 is 4.79 Å². The number of hydrogen-bond acceptors (Lipinski definition) is 3. The second-order valence-corrected chi connectivity index (χ2v) is 4.51. The molecule has 0 saturated carbocycles. The molecule has 1 amide bonds. The van der Waals surface area contributed by atoms with E-state index in [0.29, 0.717) is 5.56 Å². The quantitative estimate of drug-likeness (QED) is 0.847. The first-order chi connectivity index (χ1) is 9.11. The molecule has 2 aromatic rings. The molecular weight excluding hydrogens is 238 g/mol. The van der Waals surface area contributed by atoms with Crippen LogP contribution in [0.2, 0.25) is 0 Å². The van der Waals surface area contributed by atoms with Crippen LogP contribution in [-0.2, 0) is 0 Å². The first-order valence-electron chi connectivity index (χ1n) is 6.20. The Labute approximate surface area is 113 Å². The lowest BCUT2D eigenvalue weighted by Crippen LogP contribution is -2.30. The molecule has 0 saturated heterocycles. The van der Waals surface area contributed by atoms with Crippen molar-refractivity contribution in [1.82, 2.24) is 14.9 Å². The lowest BCUT2D eigenvalue weighted by atomic mass is 10.1. The van der Waals surface area contributed by atoms with Gasteiger partial charge in [-0.2, -0.15) is 0 Å². The van der Waals surface area contributed by atoms with E-state index in [2.05, 4.69) is 9.97 Å². The molecule has 19 heavy (non-hydrogen) atoms. The van der Waals surface area contributed by atoms with Crippen LogP contribution in [0.25, 0.3) is 0 Å². The Morgan fingerprint density at radius 2 is 2.00 bits per heavy atom. The molecule has 4 nitrogen and oxygen atoms in total. The Morgan fingerprint density at radius 3 is 2.63 bits per heavy atom. The molecule has 0 aromatic carbocycles. The summed E-state index contributed by atoms with van der Waals surface area (Å²) in [5, 5.41) is 0. The molecule has 0 spiro atoms. The van der Waals surface area contributed by atoms with Gasteiger partial charge in [-0.05, 0) is 37.6 Å². The third kappa shape index (κ3) is 2.78. The van der Waals surface area contributed by atoms with Crippen molar-refractivity contribution in [2.75, 3.05) is 7.05 Å². The van der Waals surface area contributed by atoms with Gasteiger partial charge in [-0.1, -0.05) is 6.07 Å². The van der Waals surface area contributed by atoms with Gasteiger partial charge < -0.3 is 4.90 Å². The molecule has 98 valence electrons. The maximum Gasteiger partial charge on any atom is 0.255 e. The Kier molecular flexibility index (Phi) is 3.90. The molecule has 4 heteroatoms. The fourth-order valence-electron chi connectivity index (χ4n) is 1.92. The number of pyridine rings is 2. The van der Waals surface area contributed by atoms with Gasteiger partial charge in [0.25, 0.3) is 5.91 Å². The monoisotopic (exact) mass is 255 g/mol. The van der Waals surface area contributed by atoms with Crippen LogP contribution in [0.1, 0.15) is 34.6 Å². The van der Waals surface area contributed by atoms with E-state index in [9.17, 15) is 4.79 Å². The summed E-state index contributed by atoms with van der Waals surface area (Å²) in [6.45, 7) is 3.83. The van der Waals surface area contributed by atoms with Crippen LogP contribution in [0.15, 0.2) is 42.9 Å². The Morgan fingerprint density at radius 1 is 1.26 bits per heavy atom. The largest absolute Gasteiger partial charge is 0.335 e. The normalized spacial score (nSPS) is 11.9. The van der Waals surface area contributed by atoms with E-state index in [-0.39, 0.29) is 11.9 Å². The number of aromatic nitrogens is 2. The van der Waals surface area contributed by atoms with Crippen LogP contribution >= 0.6 is 0 Å². The third-order valence-corrected chi connectivity index (χ3v) is 3.31. The Hall–Kier alpha value is -2.23. The molecule has 2 aromatic heterocycles. The lowest BCUT2D eigenvalue weighted by Gasteiger charge is -2.25. The Bertz CT molecular complexity index is 569. The van der Waals surface area contributed by atoms with Crippen LogP contribution in [0.5, 0.6) is 0 Å². The van der Waals surface area contributed by atoms with Gasteiger partial charge in [0.2, 0.25) is 0 Å². The van der Waals surface area contributed by atoms with E-state index >= 15 is 0 Å².